The summed E-state index contributed by atoms with van der Waals surface area (Å²) in [6.07, 6.45) is 2.44. The molecule has 2 unspecified atom stereocenters. The molecule has 5 heteroatoms. The van der Waals surface area contributed by atoms with Crippen molar-refractivity contribution in [3.63, 3.8) is 0 Å². The van der Waals surface area contributed by atoms with Gasteiger partial charge in [-0.15, -0.1) is 0 Å². The van der Waals surface area contributed by atoms with Crippen molar-refractivity contribution in [2.45, 2.75) is 18.9 Å². The molecule has 0 aromatic heterocycles. The molecule has 0 bridgehead atoms. The van der Waals surface area contributed by atoms with Gasteiger partial charge in [-0.3, -0.25) is 4.79 Å². The standard InChI is InChI=1S/C15H18N2O3/c18-15(10-3-4-13-14(6-10)20-9-19-13)17-7-11-2-1-5-16-12(11)8-17/h3-4,6,11-12,16H,1-2,5,7-9H2. The molecule has 4 rings (SSSR count). The highest BCUT2D eigenvalue weighted by Gasteiger charge is 2.36. The minimum absolute atomic E-state index is 0.0968. The number of ether oxygens (including phenoxy) is 2. The van der Waals surface area contributed by atoms with E-state index in [0.29, 0.717) is 23.3 Å². The molecule has 3 aliphatic rings. The summed E-state index contributed by atoms with van der Waals surface area (Å²) in [5.41, 5.74) is 0.688. The highest BCUT2D eigenvalue weighted by atomic mass is 16.7. The first-order chi connectivity index (χ1) is 9.81. The summed E-state index contributed by atoms with van der Waals surface area (Å²) >= 11 is 0. The van der Waals surface area contributed by atoms with Gasteiger partial charge in [-0.25, -0.2) is 0 Å². The molecule has 0 radical (unpaired) electrons. The van der Waals surface area contributed by atoms with Gasteiger partial charge in [0, 0.05) is 24.7 Å². The fraction of sp³-hybridized carbons (Fsp3) is 0.533. The molecule has 1 aromatic rings. The Morgan fingerprint density at radius 3 is 3.05 bits per heavy atom. The maximum absolute atomic E-state index is 12.6. The van der Waals surface area contributed by atoms with Crippen LogP contribution in [-0.2, 0) is 0 Å². The lowest BCUT2D eigenvalue weighted by Gasteiger charge is -2.24. The van der Waals surface area contributed by atoms with Crippen LogP contribution in [-0.4, -0.2) is 43.3 Å². The lowest BCUT2D eigenvalue weighted by atomic mass is 9.94. The van der Waals surface area contributed by atoms with Crippen molar-refractivity contribution in [1.82, 2.24) is 10.2 Å². The van der Waals surface area contributed by atoms with E-state index in [-0.39, 0.29) is 12.7 Å². The quantitative estimate of drug-likeness (QED) is 0.837. The summed E-state index contributed by atoms with van der Waals surface area (Å²) in [5, 5.41) is 3.52. The molecule has 3 aliphatic heterocycles. The zero-order valence-corrected chi connectivity index (χ0v) is 11.3. The van der Waals surface area contributed by atoms with Crippen molar-refractivity contribution in [2.75, 3.05) is 26.4 Å². The molecule has 0 spiro atoms. The Kier molecular flexibility index (Phi) is 2.80. The van der Waals surface area contributed by atoms with Gasteiger partial charge in [0.25, 0.3) is 5.91 Å². The Labute approximate surface area is 117 Å². The summed E-state index contributed by atoms with van der Waals surface area (Å²) in [7, 11) is 0. The van der Waals surface area contributed by atoms with E-state index < -0.39 is 0 Å². The number of hydrogen-bond donors (Lipinski definition) is 1. The van der Waals surface area contributed by atoms with E-state index in [4.69, 9.17) is 9.47 Å². The molecule has 1 N–H and O–H groups in total. The molecule has 1 amide bonds. The first-order valence-electron chi connectivity index (χ1n) is 7.23. The van der Waals surface area contributed by atoms with Gasteiger partial charge in [-0.05, 0) is 43.5 Å². The molecule has 0 aliphatic carbocycles. The summed E-state index contributed by atoms with van der Waals surface area (Å²) in [6.45, 7) is 3.00. The van der Waals surface area contributed by atoms with Gasteiger partial charge in [0.05, 0.1) is 0 Å². The second kappa shape index (κ2) is 4.66. The average Bonchev–Trinajstić information content (AvgIpc) is 3.11. The molecule has 106 valence electrons. The summed E-state index contributed by atoms with van der Waals surface area (Å²) in [5.74, 6) is 2.10. The second-order valence-corrected chi connectivity index (χ2v) is 5.74. The largest absolute Gasteiger partial charge is 0.454 e. The van der Waals surface area contributed by atoms with Crippen LogP contribution in [0.2, 0.25) is 0 Å². The van der Waals surface area contributed by atoms with E-state index >= 15 is 0 Å². The molecular formula is C15H18N2O3. The number of benzene rings is 1. The van der Waals surface area contributed by atoms with Crippen molar-refractivity contribution in [1.29, 1.82) is 0 Å². The van der Waals surface area contributed by atoms with Crippen LogP contribution in [0.1, 0.15) is 23.2 Å². The Bertz CT molecular complexity index is 532. The molecule has 2 fully saturated rings. The van der Waals surface area contributed by atoms with Gasteiger partial charge < -0.3 is 19.7 Å². The normalized spacial score (nSPS) is 27.5. The predicted molar refractivity (Wildman–Crippen MR) is 73.0 cm³/mol. The maximum Gasteiger partial charge on any atom is 0.254 e. The second-order valence-electron chi connectivity index (χ2n) is 5.74. The van der Waals surface area contributed by atoms with Crippen molar-refractivity contribution < 1.29 is 14.3 Å². The van der Waals surface area contributed by atoms with Gasteiger partial charge in [0.2, 0.25) is 6.79 Å². The molecule has 5 nitrogen and oxygen atoms in total. The number of rotatable bonds is 1. The minimum atomic E-state index is 0.0968. The van der Waals surface area contributed by atoms with E-state index in [9.17, 15) is 4.79 Å². The van der Waals surface area contributed by atoms with E-state index in [1.54, 1.807) is 6.07 Å². The monoisotopic (exact) mass is 274 g/mol. The smallest absolute Gasteiger partial charge is 0.254 e. The van der Waals surface area contributed by atoms with E-state index in [1.165, 1.54) is 12.8 Å². The molecule has 2 atom stereocenters. The van der Waals surface area contributed by atoms with Gasteiger partial charge in [-0.2, -0.15) is 0 Å². The topological polar surface area (TPSA) is 50.8 Å². The molecular weight excluding hydrogens is 256 g/mol. The molecule has 1 aromatic carbocycles. The number of likely N-dealkylation sites (tertiary alicyclic amines) is 1. The van der Waals surface area contributed by atoms with Crippen LogP contribution in [0, 0.1) is 5.92 Å². The average molecular weight is 274 g/mol. The SMILES string of the molecule is O=C(c1ccc2c(c1)OCO2)N1CC2CCCNC2C1. The van der Waals surface area contributed by atoms with E-state index in [0.717, 1.165) is 25.4 Å². The maximum atomic E-state index is 12.6. The molecule has 0 saturated carbocycles. The van der Waals surface area contributed by atoms with Crippen LogP contribution in [0.15, 0.2) is 18.2 Å². The van der Waals surface area contributed by atoms with Gasteiger partial charge in [0.1, 0.15) is 0 Å². The highest BCUT2D eigenvalue weighted by molar-refractivity contribution is 5.95. The molecule has 20 heavy (non-hydrogen) atoms. The van der Waals surface area contributed by atoms with Crippen LogP contribution in [0.4, 0.5) is 0 Å². The summed E-state index contributed by atoms with van der Waals surface area (Å²) in [6, 6.07) is 5.91. The van der Waals surface area contributed by atoms with Crippen molar-refractivity contribution >= 4 is 5.91 Å². The van der Waals surface area contributed by atoms with Crippen LogP contribution >= 0.6 is 0 Å². The number of fused-ring (bicyclic) bond motifs is 2. The van der Waals surface area contributed by atoms with Crippen molar-refractivity contribution in [3.8, 4) is 11.5 Å². The Balaban J connectivity index is 1.53. The van der Waals surface area contributed by atoms with Crippen molar-refractivity contribution in [2.24, 2.45) is 5.92 Å². The summed E-state index contributed by atoms with van der Waals surface area (Å²) < 4.78 is 10.6. The van der Waals surface area contributed by atoms with E-state index in [2.05, 4.69) is 5.32 Å². The third kappa shape index (κ3) is 1.93. The van der Waals surface area contributed by atoms with Crippen LogP contribution in [0.5, 0.6) is 11.5 Å². The Hall–Kier alpha value is -1.75. The van der Waals surface area contributed by atoms with Crippen LogP contribution < -0.4 is 14.8 Å². The van der Waals surface area contributed by atoms with Gasteiger partial charge in [-0.1, -0.05) is 0 Å². The number of hydrogen-bond acceptors (Lipinski definition) is 4. The predicted octanol–water partition coefficient (Wildman–Crippen LogP) is 1.24. The number of piperidine rings is 1. The first-order valence-corrected chi connectivity index (χ1v) is 7.23. The fourth-order valence-electron chi connectivity index (χ4n) is 3.42. The Morgan fingerprint density at radius 2 is 2.15 bits per heavy atom. The Morgan fingerprint density at radius 1 is 1.25 bits per heavy atom. The third-order valence-electron chi connectivity index (χ3n) is 4.51. The molecule has 2 saturated heterocycles. The zero-order chi connectivity index (χ0) is 13.5. The lowest BCUT2D eigenvalue weighted by molar-refractivity contribution is 0.0785. The molecule has 3 heterocycles. The third-order valence-corrected chi connectivity index (χ3v) is 4.51. The van der Waals surface area contributed by atoms with Crippen LogP contribution in [0.25, 0.3) is 0 Å². The highest BCUT2D eigenvalue weighted by Crippen LogP contribution is 2.33. The number of amides is 1. The number of carbonyl (C=O) groups is 1. The van der Waals surface area contributed by atoms with Gasteiger partial charge in [0.15, 0.2) is 11.5 Å². The zero-order valence-electron chi connectivity index (χ0n) is 11.3. The van der Waals surface area contributed by atoms with Gasteiger partial charge >= 0.3 is 0 Å². The number of nitrogens with one attached hydrogen (secondary N) is 1. The summed E-state index contributed by atoms with van der Waals surface area (Å²) in [4.78, 5) is 14.6. The lowest BCUT2D eigenvalue weighted by Crippen LogP contribution is -2.41. The van der Waals surface area contributed by atoms with Crippen molar-refractivity contribution in [3.05, 3.63) is 23.8 Å². The van der Waals surface area contributed by atoms with E-state index in [1.807, 2.05) is 17.0 Å². The first kappa shape index (κ1) is 12.0. The number of nitrogens with zero attached hydrogens (tertiary/aromatic N) is 1. The number of carbonyl (C=O) groups excluding carboxylic acids is 1. The van der Waals surface area contributed by atoms with Crippen LogP contribution in [0.3, 0.4) is 0 Å². The fourth-order valence-corrected chi connectivity index (χ4v) is 3.42. The minimum Gasteiger partial charge on any atom is -0.454 e.